The zero-order chi connectivity index (χ0) is 37.8. The molecule has 1 aliphatic rings. The van der Waals surface area contributed by atoms with Crippen LogP contribution in [0.15, 0.2) is 109 Å². The lowest BCUT2D eigenvalue weighted by molar-refractivity contribution is -0.143. The fourth-order valence-electron chi connectivity index (χ4n) is 6.08. The highest BCUT2D eigenvalue weighted by molar-refractivity contribution is 5.95. The lowest BCUT2D eigenvalue weighted by Gasteiger charge is -2.36. The van der Waals surface area contributed by atoms with E-state index < -0.39 is 23.7 Å². The monoisotopic (exact) mass is 727 g/mol. The van der Waals surface area contributed by atoms with Gasteiger partial charge in [-0.3, -0.25) is 19.4 Å². The molecule has 1 atom stereocenters. The van der Waals surface area contributed by atoms with Gasteiger partial charge in [-0.25, -0.2) is 0 Å². The molecule has 0 radical (unpaired) electrons. The number of halogens is 3. The number of rotatable bonds is 14. The number of carbonyl (C=O) groups excluding carboxylic acids is 3. The molecule has 0 unspecified atom stereocenters. The van der Waals surface area contributed by atoms with E-state index in [-0.39, 0.29) is 37.9 Å². The molecule has 3 amide bonds. The molecule has 2 heterocycles. The Hall–Kier alpha value is -5.49. The van der Waals surface area contributed by atoms with Gasteiger partial charge >= 0.3 is 6.18 Å². The van der Waals surface area contributed by atoms with Crippen LogP contribution in [0.1, 0.15) is 34.7 Å². The lowest BCUT2D eigenvalue weighted by Crippen LogP contribution is -2.51. The second-order valence-corrected chi connectivity index (χ2v) is 13.0. The summed E-state index contributed by atoms with van der Waals surface area (Å²) in [6, 6.07) is 24.6. The van der Waals surface area contributed by atoms with E-state index in [4.69, 9.17) is 4.74 Å². The molecule has 0 saturated carbocycles. The minimum Gasteiger partial charge on any atom is -0.375 e. The molecule has 1 saturated heterocycles. The molecule has 9 nitrogen and oxygen atoms in total. The van der Waals surface area contributed by atoms with Crippen molar-refractivity contribution < 1.29 is 32.3 Å². The van der Waals surface area contributed by atoms with Crippen molar-refractivity contribution in [2.45, 2.75) is 38.7 Å². The molecule has 53 heavy (non-hydrogen) atoms. The predicted molar refractivity (Wildman–Crippen MR) is 197 cm³/mol. The zero-order valence-corrected chi connectivity index (χ0v) is 29.9. The number of hydrogen-bond donors (Lipinski definition) is 0. The molecular weight excluding hydrogens is 683 g/mol. The first-order valence-electron chi connectivity index (χ1n) is 17.5. The van der Waals surface area contributed by atoms with Crippen LogP contribution < -0.4 is 4.90 Å². The van der Waals surface area contributed by atoms with Gasteiger partial charge in [0, 0.05) is 83.8 Å². The Kier molecular flexibility index (Phi) is 13.4. The van der Waals surface area contributed by atoms with Crippen LogP contribution in [0.2, 0.25) is 0 Å². The quantitative estimate of drug-likeness (QED) is 0.115. The molecule has 0 bridgehead atoms. The molecule has 278 valence electrons. The summed E-state index contributed by atoms with van der Waals surface area (Å²) in [7, 11) is 1.68. The number of aromatic nitrogens is 1. The van der Waals surface area contributed by atoms with Gasteiger partial charge in [-0.05, 0) is 64.7 Å². The highest BCUT2D eigenvalue weighted by atomic mass is 19.4. The van der Waals surface area contributed by atoms with E-state index in [0.717, 1.165) is 34.5 Å². The van der Waals surface area contributed by atoms with Gasteiger partial charge in [0.1, 0.15) is 6.04 Å². The van der Waals surface area contributed by atoms with E-state index >= 15 is 0 Å². The third-order valence-corrected chi connectivity index (χ3v) is 9.22. The molecule has 0 aliphatic carbocycles. The van der Waals surface area contributed by atoms with Gasteiger partial charge < -0.3 is 24.3 Å². The summed E-state index contributed by atoms with van der Waals surface area (Å²) in [5, 5.41) is 0. The van der Waals surface area contributed by atoms with Crippen LogP contribution in [-0.2, 0) is 44.9 Å². The van der Waals surface area contributed by atoms with Crippen LogP contribution in [0, 0.1) is 0 Å². The van der Waals surface area contributed by atoms with Crippen molar-refractivity contribution in [3.8, 4) is 0 Å². The summed E-state index contributed by atoms with van der Waals surface area (Å²) in [5.74, 6) is -0.691. The van der Waals surface area contributed by atoms with Crippen LogP contribution in [-0.4, -0.2) is 89.8 Å². The normalized spacial score (nSPS) is 13.9. The first-order valence-corrected chi connectivity index (χ1v) is 17.5. The average molecular weight is 728 g/mol. The molecule has 1 aromatic heterocycles. The highest BCUT2D eigenvalue weighted by Gasteiger charge is 2.32. The number of alkyl halides is 3. The zero-order valence-electron chi connectivity index (χ0n) is 29.9. The second kappa shape index (κ2) is 18.3. The number of anilines is 1. The van der Waals surface area contributed by atoms with Gasteiger partial charge in [0.2, 0.25) is 17.7 Å². The number of ether oxygens (including phenoxy) is 1. The van der Waals surface area contributed by atoms with Crippen molar-refractivity contribution in [3.05, 3.63) is 137 Å². The van der Waals surface area contributed by atoms with Gasteiger partial charge in [0.15, 0.2) is 0 Å². The first-order chi connectivity index (χ1) is 25.5. The molecular formula is C41H44F3N5O4. The Bertz CT molecular complexity index is 1810. The maximum Gasteiger partial charge on any atom is 0.416 e. The third kappa shape index (κ3) is 11.2. The maximum atomic E-state index is 14.3. The average Bonchev–Trinajstić information content (AvgIpc) is 3.17. The molecule has 5 rings (SSSR count). The Morgan fingerprint density at radius 3 is 2.13 bits per heavy atom. The van der Waals surface area contributed by atoms with Gasteiger partial charge in [-0.1, -0.05) is 54.6 Å². The molecule has 12 heteroatoms. The number of nitrogens with zero attached hydrogens (tertiary/aromatic N) is 5. The lowest BCUT2D eigenvalue weighted by atomic mass is 10.0. The number of amides is 3. The highest BCUT2D eigenvalue weighted by Crippen LogP contribution is 2.29. The Morgan fingerprint density at radius 1 is 0.849 bits per heavy atom. The van der Waals surface area contributed by atoms with Crippen molar-refractivity contribution in [2.75, 3.05) is 51.3 Å². The van der Waals surface area contributed by atoms with E-state index in [0.29, 0.717) is 38.3 Å². The Morgan fingerprint density at radius 2 is 1.51 bits per heavy atom. The first kappa shape index (κ1) is 38.7. The summed E-state index contributed by atoms with van der Waals surface area (Å²) in [6.45, 7) is 5.25. The summed E-state index contributed by atoms with van der Waals surface area (Å²) in [6.07, 6.45) is 1.89. The summed E-state index contributed by atoms with van der Waals surface area (Å²) in [5.41, 5.74) is 3.22. The fraction of sp³-hybridized carbons (Fsp3) is 0.317. The minimum atomic E-state index is -4.48. The van der Waals surface area contributed by atoms with Crippen molar-refractivity contribution in [1.29, 1.82) is 0 Å². The van der Waals surface area contributed by atoms with Crippen molar-refractivity contribution in [2.24, 2.45) is 0 Å². The minimum absolute atomic E-state index is 0.0554. The fourth-order valence-corrected chi connectivity index (χ4v) is 6.08. The standard InChI is InChI=1S/C41H44F3N5O4/c1-31(50)47-22-24-48(25-23-47)37-15-10-34(11-16-37)29-49(39(51)17-12-32-8-13-36(14-9-32)41(42,43)44)38(28-33-6-4-3-5-7-33)40(52)46(2)26-27-53-30-35-18-20-45-21-19-35/h3-21,38H,22-30H2,1-2H3/b17-12+/t38-/m0/s1. The number of piperazine rings is 1. The van der Waals surface area contributed by atoms with Gasteiger partial charge in [-0.15, -0.1) is 0 Å². The van der Waals surface area contributed by atoms with Crippen LogP contribution in [0.25, 0.3) is 6.08 Å². The molecule has 3 aromatic carbocycles. The van der Waals surface area contributed by atoms with Gasteiger partial charge in [0.05, 0.1) is 18.8 Å². The molecule has 1 aliphatic heterocycles. The molecule has 0 spiro atoms. The van der Waals surface area contributed by atoms with Crippen molar-refractivity contribution in [3.63, 3.8) is 0 Å². The van der Waals surface area contributed by atoms with Crippen molar-refractivity contribution >= 4 is 29.5 Å². The topological polar surface area (TPSA) is 86.3 Å². The second-order valence-electron chi connectivity index (χ2n) is 13.0. The maximum absolute atomic E-state index is 14.3. The van der Waals surface area contributed by atoms with E-state index in [9.17, 15) is 27.6 Å². The SMILES string of the molecule is CC(=O)N1CCN(c2ccc(CN(C(=O)/C=C/c3ccc(C(F)(F)F)cc3)[C@@H](Cc3ccccc3)C(=O)N(C)CCOCc3ccncc3)cc2)CC1. The molecule has 0 N–H and O–H groups in total. The van der Waals surface area contributed by atoms with Crippen LogP contribution >= 0.6 is 0 Å². The van der Waals surface area contributed by atoms with E-state index in [2.05, 4.69) is 9.88 Å². The number of likely N-dealkylation sites (N-methyl/N-ethyl adjacent to an activating group) is 1. The van der Waals surface area contributed by atoms with E-state index in [1.165, 1.54) is 29.2 Å². The van der Waals surface area contributed by atoms with Gasteiger partial charge in [0.25, 0.3) is 0 Å². The predicted octanol–water partition coefficient (Wildman–Crippen LogP) is 6.10. The van der Waals surface area contributed by atoms with Gasteiger partial charge in [-0.2, -0.15) is 13.2 Å². The number of pyridine rings is 1. The van der Waals surface area contributed by atoms with Crippen LogP contribution in [0.3, 0.4) is 0 Å². The summed E-state index contributed by atoms with van der Waals surface area (Å²) in [4.78, 5) is 51.3. The smallest absolute Gasteiger partial charge is 0.375 e. The molecule has 1 fully saturated rings. The number of benzene rings is 3. The third-order valence-electron chi connectivity index (χ3n) is 9.22. The Labute approximate surface area is 308 Å². The summed E-state index contributed by atoms with van der Waals surface area (Å²) >= 11 is 0. The summed E-state index contributed by atoms with van der Waals surface area (Å²) < 4.78 is 45.3. The largest absolute Gasteiger partial charge is 0.416 e. The van der Waals surface area contributed by atoms with Crippen LogP contribution in [0.4, 0.5) is 18.9 Å². The van der Waals surface area contributed by atoms with Crippen LogP contribution in [0.5, 0.6) is 0 Å². The van der Waals surface area contributed by atoms with E-state index in [1.807, 2.05) is 71.6 Å². The Balaban J connectivity index is 1.38. The number of hydrogen-bond acceptors (Lipinski definition) is 6. The number of carbonyl (C=O) groups is 3. The molecule has 4 aromatic rings. The van der Waals surface area contributed by atoms with Crippen molar-refractivity contribution in [1.82, 2.24) is 19.7 Å². The van der Waals surface area contributed by atoms with E-state index in [1.54, 1.807) is 31.3 Å².